The minimum Gasteiger partial charge on any atom is -0.388 e. The predicted octanol–water partition coefficient (Wildman–Crippen LogP) is 2.43. The lowest BCUT2D eigenvalue weighted by molar-refractivity contribution is -0.123. The molecule has 5 nitrogen and oxygen atoms in total. The fourth-order valence-electron chi connectivity index (χ4n) is 2.15. The fraction of sp³-hybridized carbons (Fsp3) is 0.333. The van der Waals surface area contributed by atoms with Gasteiger partial charge in [0.05, 0.1) is 12.5 Å². The van der Waals surface area contributed by atoms with Gasteiger partial charge >= 0.3 is 0 Å². The predicted molar refractivity (Wildman–Crippen MR) is 91.1 cm³/mol. The monoisotopic (exact) mass is 313 g/mol. The lowest BCUT2D eigenvalue weighted by Crippen LogP contribution is -2.27. The molecule has 1 aromatic heterocycles. The molecule has 3 N–H and O–H groups in total. The summed E-state index contributed by atoms with van der Waals surface area (Å²) in [4.78, 5) is 16.0. The summed E-state index contributed by atoms with van der Waals surface area (Å²) >= 11 is 0. The number of carbonyl (C=O) groups is 1. The highest BCUT2D eigenvalue weighted by Crippen LogP contribution is 2.15. The van der Waals surface area contributed by atoms with Crippen LogP contribution in [0.5, 0.6) is 0 Å². The van der Waals surface area contributed by atoms with Crippen LogP contribution in [0.1, 0.15) is 30.1 Å². The number of aryl methyl sites for hydroxylation is 1. The van der Waals surface area contributed by atoms with E-state index in [2.05, 4.69) is 15.6 Å². The van der Waals surface area contributed by atoms with Crippen LogP contribution in [-0.4, -0.2) is 29.1 Å². The Morgan fingerprint density at radius 1 is 1.17 bits per heavy atom. The maximum absolute atomic E-state index is 11.8. The molecule has 1 amide bonds. The van der Waals surface area contributed by atoms with Crippen molar-refractivity contribution in [1.29, 1.82) is 0 Å². The maximum Gasteiger partial charge on any atom is 0.222 e. The van der Waals surface area contributed by atoms with E-state index in [1.165, 1.54) is 0 Å². The number of nitrogens with zero attached hydrogens (tertiary/aromatic N) is 1. The quantitative estimate of drug-likeness (QED) is 0.654. The third-order valence-corrected chi connectivity index (χ3v) is 3.46. The molecule has 1 atom stereocenters. The second-order valence-electron chi connectivity index (χ2n) is 5.48. The van der Waals surface area contributed by atoms with Gasteiger partial charge in [-0.05, 0) is 30.5 Å². The fourth-order valence-corrected chi connectivity index (χ4v) is 2.15. The van der Waals surface area contributed by atoms with E-state index in [0.29, 0.717) is 6.54 Å². The van der Waals surface area contributed by atoms with Gasteiger partial charge in [0.1, 0.15) is 5.82 Å². The summed E-state index contributed by atoms with van der Waals surface area (Å²) in [5.74, 6) is 0.691. The van der Waals surface area contributed by atoms with Gasteiger partial charge in [0, 0.05) is 19.3 Å². The van der Waals surface area contributed by atoms with Gasteiger partial charge in [0.15, 0.2) is 0 Å². The summed E-state index contributed by atoms with van der Waals surface area (Å²) in [7, 11) is 0. The van der Waals surface area contributed by atoms with Crippen LogP contribution in [-0.2, 0) is 4.79 Å². The zero-order valence-electron chi connectivity index (χ0n) is 13.3. The molecular weight excluding hydrogens is 290 g/mol. The van der Waals surface area contributed by atoms with Crippen molar-refractivity contribution in [2.45, 2.75) is 25.9 Å². The third-order valence-electron chi connectivity index (χ3n) is 3.46. The number of rotatable bonds is 8. The first-order valence-corrected chi connectivity index (χ1v) is 7.81. The number of aromatic nitrogens is 1. The van der Waals surface area contributed by atoms with E-state index in [1.54, 1.807) is 0 Å². The number of pyridine rings is 1. The number of hydrogen-bond acceptors (Lipinski definition) is 4. The highest BCUT2D eigenvalue weighted by molar-refractivity contribution is 5.76. The first kappa shape index (κ1) is 17.0. The molecule has 2 rings (SSSR count). The Morgan fingerprint density at radius 2 is 1.96 bits per heavy atom. The summed E-state index contributed by atoms with van der Waals surface area (Å²) in [6, 6.07) is 13.1. The van der Waals surface area contributed by atoms with Gasteiger partial charge in [-0.25, -0.2) is 4.98 Å². The first-order chi connectivity index (χ1) is 11.1. The van der Waals surface area contributed by atoms with Gasteiger partial charge in [-0.15, -0.1) is 0 Å². The van der Waals surface area contributed by atoms with Crippen molar-refractivity contribution in [2.75, 3.05) is 18.4 Å². The Balaban J connectivity index is 1.60. The number of benzene rings is 1. The van der Waals surface area contributed by atoms with Crippen molar-refractivity contribution in [3.63, 3.8) is 0 Å². The Hall–Kier alpha value is -2.40. The molecule has 23 heavy (non-hydrogen) atoms. The molecular formula is C18H23N3O2. The van der Waals surface area contributed by atoms with Gasteiger partial charge in [-0.3, -0.25) is 4.79 Å². The minimum atomic E-state index is -0.758. The minimum absolute atomic E-state index is 0.0803. The van der Waals surface area contributed by atoms with Gasteiger partial charge in [-0.2, -0.15) is 0 Å². The molecule has 2 aromatic rings. The molecule has 1 heterocycles. The largest absolute Gasteiger partial charge is 0.388 e. The van der Waals surface area contributed by atoms with Crippen LogP contribution in [0.3, 0.4) is 0 Å². The molecule has 0 saturated heterocycles. The van der Waals surface area contributed by atoms with Crippen LogP contribution in [0.2, 0.25) is 0 Å². The number of aliphatic hydroxyl groups excluding tert-OH is 1. The van der Waals surface area contributed by atoms with Crippen molar-refractivity contribution < 1.29 is 9.90 Å². The van der Waals surface area contributed by atoms with E-state index < -0.39 is 6.10 Å². The summed E-state index contributed by atoms with van der Waals surface area (Å²) in [5.41, 5.74) is 1.88. The van der Waals surface area contributed by atoms with Gasteiger partial charge < -0.3 is 15.7 Å². The van der Waals surface area contributed by atoms with Crippen molar-refractivity contribution in [2.24, 2.45) is 0 Å². The Bertz CT molecular complexity index is 599. The topological polar surface area (TPSA) is 74.2 Å². The lowest BCUT2D eigenvalue weighted by Gasteiger charge is -2.11. The molecule has 0 fully saturated rings. The third kappa shape index (κ3) is 6.08. The zero-order valence-corrected chi connectivity index (χ0v) is 13.3. The molecule has 0 bridgehead atoms. The summed E-state index contributed by atoms with van der Waals surface area (Å²) in [5, 5.41) is 16.0. The van der Waals surface area contributed by atoms with Crippen molar-refractivity contribution >= 4 is 11.7 Å². The molecule has 5 heteroatoms. The average molecular weight is 313 g/mol. The van der Waals surface area contributed by atoms with Gasteiger partial charge in [0.25, 0.3) is 0 Å². The molecule has 0 aliphatic rings. The van der Waals surface area contributed by atoms with Gasteiger partial charge in [0.2, 0.25) is 5.91 Å². The molecule has 1 aromatic carbocycles. The normalized spacial score (nSPS) is 11.7. The lowest BCUT2D eigenvalue weighted by atomic mass is 10.1. The van der Waals surface area contributed by atoms with Crippen molar-refractivity contribution in [1.82, 2.24) is 10.3 Å². The van der Waals surface area contributed by atoms with E-state index >= 15 is 0 Å². The number of nitrogens with one attached hydrogen (secondary N) is 2. The van der Waals surface area contributed by atoms with E-state index in [9.17, 15) is 9.90 Å². The number of amides is 1. The molecule has 122 valence electrons. The average Bonchev–Trinajstić information content (AvgIpc) is 2.57. The number of hydrogen-bond donors (Lipinski definition) is 3. The zero-order chi connectivity index (χ0) is 16.5. The van der Waals surface area contributed by atoms with Crippen LogP contribution < -0.4 is 10.6 Å². The second-order valence-corrected chi connectivity index (χ2v) is 5.48. The molecule has 0 radical (unpaired) electrons. The van der Waals surface area contributed by atoms with E-state index in [-0.39, 0.29) is 12.3 Å². The van der Waals surface area contributed by atoms with E-state index in [0.717, 1.165) is 29.9 Å². The summed E-state index contributed by atoms with van der Waals surface area (Å²) in [6.07, 6.45) is 1.93. The second kappa shape index (κ2) is 8.90. The van der Waals surface area contributed by atoms with Crippen molar-refractivity contribution in [3.8, 4) is 0 Å². The number of anilines is 1. The summed E-state index contributed by atoms with van der Waals surface area (Å²) in [6.45, 7) is 3.30. The van der Waals surface area contributed by atoms with Gasteiger partial charge in [-0.1, -0.05) is 36.4 Å². The highest BCUT2D eigenvalue weighted by atomic mass is 16.3. The molecule has 0 aliphatic carbocycles. The summed E-state index contributed by atoms with van der Waals surface area (Å²) < 4.78 is 0. The smallest absolute Gasteiger partial charge is 0.222 e. The maximum atomic E-state index is 11.8. The number of carbonyl (C=O) groups excluding carboxylic acids is 1. The van der Waals surface area contributed by atoms with Crippen LogP contribution in [0.25, 0.3) is 0 Å². The van der Waals surface area contributed by atoms with Crippen LogP contribution >= 0.6 is 0 Å². The first-order valence-electron chi connectivity index (χ1n) is 7.81. The molecule has 1 unspecified atom stereocenters. The van der Waals surface area contributed by atoms with Crippen LogP contribution in [0.4, 0.5) is 5.82 Å². The highest BCUT2D eigenvalue weighted by Gasteiger charge is 2.11. The van der Waals surface area contributed by atoms with E-state index in [4.69, 9.17) is 0 Å². The molecule has 0 spiro atoms. The Labute approximate surface area is 136 Å². The van der Waals surface area contributed by atoms with Crippen LogP contribution in [0.15, 0.2) is 48.7 Å². The van der Waals surface area contributed by atoms with Crippen molar-refractivity contribution in [3.05, 3.63) is 59.8 Å². The SMILES string of the molecule is Cc1ccc(NCCCNC(=O)CC(O)c2ccccc2)nc1. The van der Waals surface area contributed by atoms with E-state index in [1.807, 2.05) is 55.6 Å². The standard InChI is InChI=1S/C18H23N3O2/c1-14-8-9-17(21-13-14)19-10-5-11-20-18(23)12-16(22)15-6-3-2-4-7-15/h2-4,6-9,13,16,22H,5,10-12H2,1H3,(H,19,21)(H,20,23). The molecule has 0 saturated carbocycles. The molecule has 0 aliphatic heterocycles. The Kier molecular flexibility index (Phi) is 6.56. The Morgan fingerprint density at radius 3 is 2.65 bits per heavy atom. The number of aliphatic hydroxyl groups is 1. The van der Waals surface area contributed by atoms with Crippen LogP contribution in [0, 0.1) is 6.92 Å².